The molecule has 21 heavy (non-hydrogen) atoms. The highest BCUT2D eigenvalue weighted by molar-refractivity contribution is 5.91. The lowest BCUT2D eigenvalue weighted by Gasteiger charge is -2.31. The summed E-state index contributed by atoms with van der Waals surface area (Å²) in [5.74, 6) is 1.28. The predicted molar refractivity (Wildman–Crippen MR) is 81.9 cm³/mol. The molecule has 1 fully saturated rings. The van der Waals surface area contributed by atoms with E-state index in [1.807, 2.05) is 35.9 Å². The van der Waals surface area contributed by atoms with Crippen molar-refractivity contribution in [1.29, 1.82) is 0 Å². The minimum atomic E-state index is 0.0197. The first-order chi connectivity index (χ1) is 10.2. The van der Waals surface area contributed by atoms with Crippen LogP contribution >= 0.6 is 0 Å². The number of anilines is 1. The standard InChI is InChI=1S/C16H20N4O/c1-12(14-9-17-10-14)16(21)19-15-7-8-18-20(15)11-13-5-3-2-4-6-13/h2-8,12,14,17H,9-11H2,1H3,(H,19,21). The summed E-state index contributed by atoms with van der Waals surface area (Å²) in [6, 6.07) is 11.9. The van der Waals surface area contributed by atoms with Gasteiger partial charge in [-0.2, -0.15) is 5.10 Å². The fraction of sp³-hybridized carbons (Fsp3) is 0.375. The molecule has 110 valence electrons. The molecule has 0 saturated carbocycles. The van der Waals surface area contributed by atoms with Gasteiger partial charge in [-0.3, -0.25) is 4.79 Å². The molecule has 1 unspecified atom stereocenters. The quantitative estimate of drug-likeness (QED) is 0.879. The number of nitrogens with one attached hydrogen (secondary N) is 2. The molecule has 3 rings (SSSR count). The van der Waals surface area contributed by atoms with E-state index < -0.39 is 0 Å². The van der Waals surface area contributed by atoms with Crippen molar-refractivity contribution in [2.24, 2.45) is 11.8 Å². The Morgan fingerprint density at radius 2 is 2.14 bits per heavy atom. The fourth-order valence-electron chi connectivity index (χ4n) is 2.44. The molecular formula is C16H20N4O. The van der Waals surface area contributed by atoms with Gasteiger partial charge in [0.25, 0.3) is 0 Å². The van der Waals surface area contributed by atoms with E-state index in [-0.39, 0.29) is 11.8 Å². The average Bonchev–Trinajstić information content (AvgIpc) is 2.85. The van der Waals surface area contributed by atoms with Crippen LogP contribution < -0.4 is 10.6 Å². The Hall–Kier alpha value is -2.14. The third-order valence-electron chi connectivity index (χ3n) is 4.08. The Morgan fingerprint density at radius 3 is 2.81 bits per heavy atom. The lowest BCUT2D eigenvalue weighted by Crippen LogP contribution is -2.48. The summed E-state index contributed by atoms with van der Waals surface area (Å²) in [5.41, 5.74) is 1.16. The number of hydrogen-bond acceptors (Lipinski definition) is 3. The van der Waals surface area contributed by atoms with E-state index in [2.05, 4.69) is 27.9 Å². The van der Waals surface area contributed by atoms with Gasteiger partial charge in [0.05, 0.1) is 12.7 Å². The minimum Gasteiger partial charge on any atom is -0.316 e. The number of amides is 1. The summed E-state index contributed by atoms with van der Waals surface area (Å²) in [7, 11) is 0. The Labute approximate surface area is 124 Å². The highest BCUT2D eigenvalue weighted by atomic mass is 16.2. The molecule has 1 aromatic carbocycles. The molecule has 2 N–H and O–H groups in total. The van der Waals surface area contributed by atoms with Crippen LogP contribution in [0.15, 0.2) is 42.6 Å². The van der Waals surface area contributed by atoms with Gasteiger partial charge >= 0.3 is 0 Å². The van der Waals surface area contributed by atoms with Crippen LogP contribution in [0, 0.1) is 11.8 Å². The van der Waals surface area contributed by atoms with Crippen LogP contribution in [0.3, 0.4) is 0 Å². The molecule has 0 bridgehead atoms. The largest absolute Gasteiger partial charge is 0.316 e. The molecule has 1 aliphatic heterocycles. The summed E-state index contributed by atoms with van der Waals surface area (Å²) in [4.78, 5) is 12.3. The van der Waals surface area contributed by atoms with E-state index in [4.69, 9.17) is 0 Å². The van der Waals surface area contributed by atoms with E-state index in [0.29, 0.717) is 12.5 Å². The fourth-order valence-corrected chi connectivity index (χ4v) is 2.44. The van der Waals surface area contributed by atoms with Gasteiger partial charge in [-0.05, 0) is 24.6 Å². The van der Waals surface area contributed by atoms with Crippen molar-refractivity contribution in [2.45, 2.75) is 13.5 Å². The van der Waals surface area contributed by atoms with Gasteiger partial charge in [-0.25, -0.2) is 4.68 Å². The molecule has 1 aliphatic rings. The van der Waals surface area contributed by atoms with Gasteiger partial charge in [-0.15, -0.1) is 0 Å². The maximum Gasteiger partial charge on any atom is 0.228 e. The Morgan fingerprint density at radius 1 is 1.38 bits per heavy atom. The molecule has 0 spiro atoms. The van der Waals surface area contributed by atoms with Crippen LogP contribution in [0.25, 0.3) is 0 Å². The van der Waals surface area contributed by atoms with Crippen molar-refractivity contribution >= 4 is 11.7 Å². The summed E-state index contributed by atoms with van der Waals surface area (Å²) in [6.07, 6.45) is 1.72. The molecule has 1 saturated heterocycles. The molecule has 2 aromatic rings. The molecule has 1 amide bonds. The van der Waals surface area contributed by atoms with Crippen molar-refractivity contribution in [3.8, 4) is 0 Å². The van der Waals surface area contributed by atoms with Crippen molar-refractivity contribution in [3.05, 3.63) is 48.2 Å². The van der Waals surface area contributed by atoms with Gasteiger partial charge in [0.15, 0.2) is 0 Å². The van der Waals surface area contributed by atoms with Crippen LogP contribution in [-0.2, 0) is 11.3 Å². The zero-order valence-corrected chi connectivity index (χ0v) is 12.1. The Kier molecular flexibility index (Phi) is 4.01. The van der Waals surface area contributed by atoms with E-state index >= 15 is 0 Å². The first-order valence-electron chi connectivity index (χ1n) is 7.31. The summed E-state index contributed by atoms with van der Waals surface area (Å²) in [5, 5.41) is 10.5. The average molecular weight is 284 g/mol. The highest BCUT2D eigenvalue weighted by Crippen LogP contribution is 2.18. The number of carbonyl (C=O) groups is 1. The molecule has 0 radical (unpaired) electrons. The van der Waals surface area contributed by atoms with Crippen LogP contribution in [0.1, 0.15) is 12.5 Å². The van der Waals surface area contributed by atoms with Crippen LogP contribution in [0.4, 0.5) is 5.82 Å². The maximum atomic E-state index is 12.3. The van der Waals surface area contributed by atoms with Crippen LogP contribution in [-0.4, -0.2) is 28.8 Å². The van der Waals surface area contributed by atoms with E-state index in [1.165, 1.54) is 0 Å². The molecular weight excluding hydrogens is 264 g/mol. The second kappa shape index (κ2) is 6.10. The smallest absolute Gasteiger partial charge is 0.228 e. The SMILES string of the molecule is CC(C(=O)Nc1ccnn1Cc1ccccc1)C1CNC1. The number of nitrogens with zero attached hydrogens (tertiary/aromatic N) is 2. The first-order valence-corrected chi connectivity index (χ1v) is 7.31. The number of aromatic nitrogens is 2. The number of benzene rings is 1. The van der Waals surface area contributed by atoms with E-state index in [9.17, 15) is 4.79 Å². The maximum absolute atomic E-state index is 12.3. The van der Waals surface area contributed by atoms with Crippen molar-refractivity contribution in [1.82, 2.24) is 15.1 Å². The molecule has 0 aliphatic carbocycles. The Balaban J connectivity index is 1.66. The van der Waals surface area contributed by atoms with E-state index in [0.717, 1.165) is 24.5 Å². The molecule has 1 aromatic heterocycles. The predicted octanol–water partition coefficient (Wildman–Crippen LogP) is 1.73. The summed E-state index contributed by atoms with van der Waals surface area (Å²) < 4.78 is 1.82. The molecule has 5 nitrogen and oxygen atoms in total. The lowest BCUT2D eigenvalue weighted by atomic mass is 9.88. The van der Waals surface area contributed by atoms with Gasteiger partial charge in [0.1, 0.15) is 5.82 Å². The second-order valence-electron chi connectivity index (χ2n) is 5.56. The topological polar surface area (TPSA) is 59.0 Å². The number of rotatable bonds is 5. The monoisotopic (exact) mass is 284 g/mol. The van der Waals surface area contributed by atoms with Crippen molar-refractivity contribution in [2.75, 3.05) is 18.4 Å². The minimum absolute atomic E-state index is 0.0197. The zero-order valence-electron chi connectivity index (χ0n) is 12.1. The van der Waals surface area contributed by atoms with Crippen LogP contribution in [0.5, 0.6) is 0 Å². The second-order valence-corrected chi connectivity index (χ2v) is 5.56. The highest BCUT2D eigenvalue weighted by Gasteiger charge is 2.29. The summed E-state index contributed by atoms with van der Waals surface area (Å²) in [6.45, 7) is 4.50. The van der Waals surface area contributed by atoms with E-state index in [1.54, 1.807) is 6.20 Å². The summed E-state index contributed by atoms with van der Waals surface area (Å²) >= 11 is 0. The lowest BCUT2D eigenvalue weighted by molar-refractivity contribution is -0.121. The van der Waals surface area contributed by atoms with Crippen LogP contribution in [0.2, 0.25) is 0 Å². The molecule has 1 atom stereocenters. The van der Waals surface area contributed by atoms with Gasteiger partial charge in [0.2, 0.25) is 5.91 Å². The molecule has 5 heteroatoms. The van der Waals surface area contributed by atoms with Crippen molar-refractivity contribution < 1.29 is 4.79 Å². The normalized spacial score (nSPS) is 16.2. The van der Waals surface area contributed by atoms with Gasteiger partial charge in [0, 0.05) is 12.0 Å². The third kappa shape index (κ3) is 3.13. The first kappa shape index (κ1) is 13.8. The van der Waals surface area contributed by atoms with Crippen molar-refractivity contribution in [3.63, 3.8) is 0 Å². The van der Waals surface area contributed by atoms with Gasteiger partial charge in [-0.1, -0.05) is 37.3 Å². The zero-order chi connectivity index (χ0) is 14.7. The number of hydrogen-bond donors (Lipinski definition) is 2. The van der Waals surface area contributed by atoms with Gasteiger partial charge < -0.3 is 10.6 Å². The Bertz CT molecular complexity index is 604. The third-order valence-corrected chi connectivity index (χ3v) is 4.08. The number of carbonyl (C=O) groups excluding carboxylic acids is 1. The molecule has 2 heterocycles.